The number of hydrogen-bond donors (Lipinski definition) is 0. The first kappa shape index (κ1) is 18.7. The van der Waals surface area contributed by atoms with Gasteiger partial charge < -0.3 is 14.4 Å². The Morgan fingerprint density at radius 3 is 2.37 bits per heavy atom. The molecule has 5 heteroatoms. The lowest BCUT2D eigenvalue weighted by Crippen LogP contribution is -2.25. The third-order valence-corrected chi connectivity index (χ3v) is 4.91. The molecule has 2 aromatic rings. The topological polar surface area (TPSA) is 55.8 Å². The first-order chi connectivity index (χ1) is 12.8. The molecule has 0 radical (unpaired) electrons. The van der Waals surface area contributed by atoms with Crippen molar-refractivity contribution in [2.45, 2.75) is 19.3 Å². The molecule has 140 valence electrons. The van der Waals surface area contributed by atoms with Crippen molar-refractivity contribution in [2.75, 3.05) is 25.7 Å². The normalized spacial score (nSPS) is 16.1. The molecule has 0 aromatic heterocycles. The van der Waals surface area contributed by atoms with Gasteiger partial charge in [0.2, 0.25) is 0 Å². The van der Waals surface area contributed by atoms with Gasteiger partial charge in [0.05, 0.1) is 12.7 Å². The van der Waals surface area contributed by atoms with Crippen LogP contribution >= 0.6 is 0 Å². The Morgan fingerprint density at radius 1 is 1.07 bits per heavy atom. The summed E-state index contributed by atoms with van der Waals surface area (Å²) in [4.78, 5) is 26.5. The van der Waals surface area contributed by atoms with Crippen molar-refractivity contribution in [3.05, 3.63) is 71.4 Å². The lowest BCUT2D eigenvalue weighted by molar-refractivity contribution is -0.117. The van der Waals surface area contributed by atoms with E-state index in [1.54, 1.807) is 37.5 Å². The van der Waals surface area contributed by atoms with Crippen LogP contribution in [0.1, 0.15) is 29.8 Å². The number of esters is 1. The zero-order valence-corrected chi connectivity index (χ0v) is 16.0. The maximum atomic E-state index is 12.4. The summed E-state index contributed by atoms with van der Waals surface area (Å²) in [5.41, 5.74) is 3.22. The third kappa shape index (κ3) is 3.58. The number of carbonyl (C=O) groups excluding carboxylic acids is 2. The Bertz CT molecular complexity index is 897. The van der Waals surface area contributed by atoms with Crippen LogP contribution in [0.15, 0.2) is 60.3 Å². The number of allylic oxidation sites excluding steroid dienone is 1. The smallest absolute Gasteiger partial charge is 0.338 e. The van der Waals surface area contributed by atoms with Gasteiger partial charge in [0, 0.05) is 29.9 Å². The van der Waals surface area contributed by atoms with Gasteiger partial charge >= 0.3 is 5.97 Å². The monoisotopic (exact) mass is 365 g/mol. The van der Waals surface area contributed by atoms with Crippen LogP contribution in [-0.2, 0) is 14.9 Å². The van der Waals surface area contributed by atoms with Gasteiger partial charge in [0.25, 0.3) is 0 Å². The van der Waals surface area contributed by atoms with Crippen LogP contribution in [0.3, 0.4) is 0 Å². The SMILES string of the molecule is COc1ccc(C(=O)OCC(=O)C=C2N(C)c3ccccc3C2(C)C)cc1. The molecule has 2 aromatic carbocycles. The van der Waals surface area contributed by atoms with Crippen LogP contribution < -0.4 is 9.64 Å². The highest BCUT2D eigenvalue weighted by molar-refractivity contribution is 5.96. The fourth-order valence-corrected chi connectivity index (χ4v) is 3.40. The van der Waals surface area contributed by atoms with Crippen LogP contribution in [0, 0.1) is 0 Å². The number of ketones is 1. The largest absolute Gasteiger partial charge is 0.497 e. The van der Waals surface area contributed by atoms with Gasteiger partial charge in [-0.2, -0.15) is 0 Å². The van der Waals surface area contributed by atoms with E-state index in [0.717, 1.165) is 11.4 Å². The minimum atomic E-state index is -0.535. The number of ether oxygens (including phenoxy) is 2. The quantitative estimate of drug-likeness (QED) is 0.597. The molecule has 0 saturated carbocycles. The molecule has 0 unspecified atom stereocenters. The summed E-state index contributed by atoms with van der Waals surface area (Å²) < 4.78 is 10.2. The number of methoxy groups -OCH3 is 1. The molecule has 3 rings (SSSR count). The Balaban J connectivity index is 1.69. The summed E-state index contributed by atoms with van der Waals surface area (Å²) >= 11 is 0. The van der Waals surface area contributed by atoms with E-state index >= 15 is 0 Å². The Morgan fingerprint density at radius 2 is 1.74 bits per heavy atom. The number of rotatable bonds is 5. The predicted molar refractivity (Wildman–Crippen MR) is 104 cm³/mol. The number of anilines is 1. The lowest BCUT2D eigenvalue weighted by Gasteiger charge is -2.23. The van der Waals surface area contributed by atoms with E-state index in [0.29, 0.717) is 11.3 Å². The highest BCUT2D eigenvalue weighted by Gasteiger charge is 2.38. The van der Waals surface area contributed by atoms with Crippen molar-refractivity contribution in [1.82, 2.24) is 0 Å². The molecule has 1 heterocycles. The van der Waals surface area contributed by atoms with Crippen LogP contribution in [0.25, 0.3) is 0 Å². The van der Waals surface area contributed by atoms with Crippen LogP contribution in [-0.4, -0.2) is 32.5 Å². The van der Waals surface area contributed by atoms with E-state index in [1.165, 1.54) is 5.56 Å². The van der Waals surface area contributed by atoms with Gasteiger partial charge in [-0.15, -0.1) is 0 Å². The summed E-state index contributed by atoms with van der Waals surface area (Å²) in [7, 11) is 3.50. The summed E-state index contributed by atoms with van der Waals surface area (Å²) in [5.74, 6) is -0.134. The molecule has 27 heavy (non-hydrogen) atoms. The van der Waals surface area contributed by atoms with Crippen LogP contribution in [0.4, 0.5) is 5.69 Å². The molecule has 0 fully saturated rings. The van der Waals surface area contributed by atoms with Crippen molar-refractivity contribution >= 4 is 17.4 Å². The number of benzene rings is 2. The number of carbonyl (C=O) groups is 2. The first-order valence-corrected chi connectivity index (χ1v) is 8.74. The zero-order chi connectivity index (χ0) is 19.6. The second kappa shape index (κ2) is 7.27. The minimum Gasteiger partial charge on any atom is -0.497 e. The Kier molecular flexibility index (Phi) is 5.04. The van der Waals surface area contributed by atoms with Crippen LogP contribution in [0.2, 0.25) is 0 Å². The van der Waals surface area contributed by atoms with Gasteiger partial charge in [-0.25, -0.2) is 4.79 Å². The molecule has 0 saturated heterocycles. The first-order valence-electron chi connectivity index (χ1n) is 8.74. The van der Waals surface area contributed by atoms with Crippen molar-refractivity contribution in [1.29, 1.82) is 0 Å². The van der Waals surface area contributed by atoms with Gasteiger partial charge in [0.15, 0.2) is 12.4 Å². The van der Waals surface area contributed by atoms with Gasteiger partial charge in [0.1, 0.15) is 5.75 Å². The molecule has 0 spiro atoms. The number of nitrogens with zero attached hydrogens (tertiary/aromatic N) is 1. The summed E-state index contributed by atoms with van der Waals surface area (Å²) in [5, 5.41) is 0. The van der Waals surface area contributed by atoms with E-state index in [2.05, 4.69) is 19.9 Å². The number of likely N-dealkylation sites (N-methyl/N-ethyl adjacent to an activating group) is 1. The van der Waals surface area contributed by atoms with Gasteiger partial charge in [-0.3, -0.25) is 4.79 Å². The van der Waals surface area contributed by atoms with E-state index in [4.69, 9.17) is 9.47 Å². The van der Waals surface area contributed by atoms with Gasteiger partial charge in [-0.05, 0) is 35.9 Å². The molecule has 1 aliphatic rings. The van der Waals surface area contributed by atoms with Gasteiger partial charge in [-0.1, -0.05) is 32.0 Å². The Labute approximate surface area is 159 Å². The zero-order valence-electron chi connectivity index (χ0n) is 16.0. The molecule has 0 atom stereocenters. The third-order valence-electron chi connectivity index (χ3n) is 4.91. The highest BCUT2D eigenvalue weighted by atomic mass is 16.5. The molecular weight excluding hydrogens is 342 g/mol. The highest BCUT2D eigenvalue weighted by Crippen LogP contribution is 2.46. The number of fused-ring (bicyclic) bond motifs is 1. The fourth-order valence-electron chi connectivity index (χ4n) is 3.40. The van der Waals surface area contributed by atoms with Crippen molar-refractivity contribution < 1.29 is 19.1 Å². The average molecular weight is 365 g/mol. The fraction of sp³-hybridized carbons (Fsp3) is 0.273. The number of hydrogen-bond acceptors (Lipinski definition) is 5. The van der Waals surface area contributed by atoms with E-state index in [1.807, 2.05) is 30.1 Å². The molecular formula is C22H23NO4. The standard InChI is InChI=1S/C22H23NO4/c1-22(2)18-7-5-6-8-19(18)23(3)20(22)13-16(24)14-27-21(25)15-9-11-17(26-4)12-10-15/h5-13H,14H2,1-4H3. The molecule has 0 aliphatic carbocycles. The second-order valence-corrected chi connectivity index (χ2v) is 7.00. The maximum Gasteiger partial charge on any atom is 0.338 e. The molecule has 0 bridgehead atoms. The van der Waals surface area contributed by atoms with Crippen molar-refractivity contribution in [3.8, 4) is 5.75 Å². The summed E-state index contributed by atoms with van der Waals surface area (Å²) in [6, 6.07) is 14.6. The molecule has 1 aliphatic heterocycles. The van der Waals surface area contributed by atoms with E-state index in [-0.39, 0.29) is 17.8 Å². The minimum absolute atomic E-state index is 0.250. The summed E-state index contributed by atoms with van der Waals surface area (Å²) in [6.07, 6.45) is 1.57. The van der Waals surface area contributed by atoms with E-state index < -0.39 is 5.97 Å². The molecule has 5 nitrogen and oxygen atoms in total. The lowest BCUT2D eigenvalue weighted by atomic mass is 9.83. The van der Waals surface area contributed by atoms with Crippen molar-refractivity contribution in [3.63, 3.8) is 0 Å². The van der Waals surface area contributed by atoms with Crippen LogP contribution in [0.5, 0.6) is 5.75 Å². The summed E-state index contributed by atoms with van der Waals surface area (Å²) in [6.45, 7) is 3.87. The molecule has 0 amide bonds. The Hall–Kier alpha value is -3.08. The molecule has 0 N–H and O–H groups in total. The van der Waals surface area contributed by atoms with E-state index in [9.17, 15) is 9.59 Å². The predicted octanol–water partition coefficient (Wildman–Crippen LogP) is 3.73. The average Bonchev–Trinajstić information content (AvgIpc) is 2.87. The van der Waals surface area contributed by atoms with Crippen molar-refractivity contribution in [2.24, 2.45) is 0 Å². The maximum absolute atomic E-state index is 12.4. The number of para-hydroxylation sites is 1. The second-order valence-electron chi connectivity index (χ2n) is 7.00.